The number of rotatable bonds is 4. The van der Waals surface area contributed by atoms with Crippen LogP contribution < -0.4 is 5.32 Å². The minimum absolute atomic E-state index is 0.319. The standard InChI is InChI=1S/C18H19NO/c1-13-5-4-6-14(9-13)10-16(20)11-15-12-19-18-8-3-2-7-17(15)18/h2-9,15,19H,10-12H2,1H3. The zero-order valence-electron chi connectivity index (χ0n) is 11.7. The van der Waals surface area contributed by atoms with E-state index in [-0.39, 0.29) is 0 Å². The average molecular weight is 265 g/mol. The Morgan fingerprint density at radius 2 is 2.05 bits per heavy atom. The van der Waals surface area contributed by atoms with Crippen LogP contribution >= 0.6 is 0 Å². The monoisotopic (exact) mass is 265 g/mol. The topological polar surface area (TPSA) is 29.1 Å². The molecule has 1 heterocycles. The highest BCUT2D eigenvalue weighted by molar-refractivity contribution is 5.82. The molecule has 1 atom stereocenters. The Morgan fingerprint density at radius 3 is 2.90 bits per heavy atom. The quantitative estimate of drug-likeness (QED) is 0.913. The molecule has 2 nitrogen and oxygen atoms in total. The summed E-state index contributed by atoms with van der Waals surface area (Å²) < 4.78 is 0. The lowest BCUT2D eigenvalue weighted by Gasteiger charge is -2.09. The van der Waals surface area contributed by atoms with Crippen LogP contribution in [0.3, 0.4) is 0 Å². The van der Waals surface area contributed by atoms with Gasteiger partial charge in [0.05, 0.1) is 0 Å². The molecule has 102 valence electrons. The van der Waals surface area contributed by atoms with Gasteiger partial charge in [-0.15, -0.1) is 0 Å². The van der Waals surface area contributed by atoms with Crippen molar-refractivity contribution in [2.45, 2.75) is 25.7 Å². The lowest BCUT2D eigenvalue weighted by Crippen LogP contribution is -2.11. The van der Waals surface area contributed by atoms with Gasteiger partial charge in [-0.05, 0) is 24.1 Å². The molecule has 2 aromatic carbocycles. The molecule has 0 fully saturated rings. The molecular formula is C18H19NO. The lowest BCUT2D eigenvalue weighted by atomic mass is 9.93. The number of nitrogens with one attached hydrogen (secondary N) is 1. The average Bonchev–Trinajstić information content (AvgIpc) is 2.82. The Bertz CT molecular complexity index is 633. The minimum Gasteiger partial charge on any atom is -0.384 e. The molecule has 0 aromatic heterocycles. The third kappa shape index (κ3) is 2.74. The second-order valence-electron chi connectivity index (χ2n) is 5.57. The molecule has 1 aliphatic heterocycles. The Hall–Kier alpha value is -2.09. The third-order valence-corrected chi connectivity index (χ3v) is 3.90. The first-order valence-corrected chi connectivity index (χ1v) is 7.12. The highest BCUT2D eigenvalue weighted by atomic mass is 16.1. The highest BCUT2D eigenvalue weighted by Crippen LogP contribution is 2.33. The molecule has 20 heavy (non-hydrogen) atoms. The normalized spacial score (nSPS) is 16.6. The number of anilines is 1. The summed E-state index contributed by atoms with van der Waals surface area (Å²) in [4.78, 5) is 12.3. The van der Waals surface area contributed by atoms with Crippen molar-refractivity contribution in [3.63, 3.8) is 0 Å². The van der Waals surface area contributed by atoms with E-state index in [0.29, 0.717) is 24.5 Å². The van der Waals surface area contributed by atoms with Gasteiger partial charge >= 0.3 is 0 Å². The number of benzene rings is 2. The Kier molecular flexibility index (Phi) is 3.55. The smallest absolute Gasteiger partial charge is 0.137 e. The number of carbonyl (C=O) groups excluding carboxylic acids is 1. The van der Waals surface area contributed by atoms with Crippen LogP contribution in [0.15, 0.2) is 48.5 Å². The molecule has 0 aliphatic carbocycles. The number of carbonyl (C=O) groups is 1. The van der Waals surface area contributed by atoms with E-state index in [0.717, 1.165) is 12.1 Å². The molecule has 3 rings (SSSR count). The van der Waals surface area contributed by atoms with E-state index in [2.05, 4.69) is 36.5 Å². The van der Waals surface area contributed by atoms with Crippen LogP contribution in [0, 0.1) is 6.92 Å². The molecule has 1 aliphatic rings. The SMILES string of the molecule is Cc1cccc(CC(=O)CC2CNc3ccccc32)c1. The van der Waals surface area contributed by atoms with Crippen molar-refractivity contribution in [3.05, 3.63) is 65.2 Å². The van der Waals surface area contributed by atoms with Gasteiger partial charge in [0.15, 0.2) is 0 Å². The fraction of sp³-hybridized carbons (Fsp3) is 0.278. The van der Waals surface area contributed by atoms with Gasteiger partial charge in [-0.1, -0.05) is 48.0 Å². The zero-order chi connectivity index (χ0) is 13.9. The van der Waals surface area contributed by atoms with Crippen LogP contribution in [0.5, 0.6) is 0 Å². The van der Waals surface area contributed by atoms with Gasteiger partial charge in [-0.2, -0.15) is 0 Å². The van der Waals surface area contributed by atoms with Crippen molar-refractivity contribution < 1.29 is 4.79 Å². The van der Waals surface area contributed by atoms with E-state index in [9.17, 15) is 4.79 Å². The molecule has 0 saturated carbocycles. The number of hydrogen-bond donors (Lipinski definition) is 1. The number of aryl methyl sites for hydroxylation is 1. The number of ketones is 1. The first-order chi connectivity index (χ1) is 9.72. The Balaban J connectivity index is 1.66. The van der Waals surface area contributed by atoms with Crippen molar-refractivity contribution in [2.75, 3.05) is 11.9 Å². The molecular weight excluding hydrogens is 246 g/mol. The van der Waals surface area contributed by atoms with Crippen molar-refractivity contribution in [1.82, 2.24) is 0 Å². The van der Waals surface area contributed by atoms with Gasteiger partial charge in [-0.3, -0.25) is 4.79 Å². The molecule has 0 radical (unpaired) electrons. The molecule has 0 saturated heterocycles. The summed E-state index contributed by atoms with van der Waals surface area (Å²) in [6.45, 7) is 2.93. The Labute approximate surface area is 119 Å². The van der Waals surface area contributed by atoms with Crippen LogP contribution in [0.1, 0.15) is 29.0 Å². The van der Waals surface area contributed by atoms with Crippen LogP contribution in [0.25, 0.3) is 0 Å². The maximum absolute atomic E-state index is 12.3. The molecule has 1 unspecified atom stereocenters. The summed E-state index contributed by atoms with van der Waals surface area (Å²) in [6, 6.07) is 16.5. The first-order valence-electron chi connectivity index (χ1n) is 7.12. The summed E-state index contributed by atoms with van der Waals surface area (Å²) >= 11 is 0. The van der Waals surface area contributed by atoms with E-state index in [1.165, 1.54) is 16.8 Å². The first kappa shape index (κ1) is 12.9. The fourth-order valence-corrected chi connectivity index (χ4v) is 2.94. The molecule has 1 N–H and O–H groups in total. The van der Waals surface area contributed by atoms with E-state index in [1.54, 1.807) is 0 Å². The van der Waals surface area contributed by atoms with E-state index in [4.69, 9.17) is 0 Å². The second kappa shape index (κ2) is 5.49. The number of hydrogen-bond acceptors (Lipinski definition) is 2. The summed E-state index contributed by atoms with van der Waals surface area (Å²) in [6.07, 6.45) is 1.16. The van der Waals surface area contributed by atoms with Crippen molar-refractivity contribution >= 4 is 11.5 Å². The summed E-state index contributed by atoms with van der Waals surface area (Å²) in [5, 5.41) is 3.38. The van der Waals surface area contributed by atoms with Gasteiger partial charge in [0, 0.05) is 31.0 Å². The number of para-hydroxylation sites is 1. The predicted molar refractivity (Wildman–Crippen MR) is 82.2 cm³/mol. The van der Waals surface area contributed by atoms with Crippen LogP contribution in [-0.2, 0) is 11.2 Å². The van der Waals surface area contributed by atoms with E-state index in [1.807, 2.05) is 24.3 Å². The Morgan fingerprint density at radius 1 is 1.20 bits per heavy atom. The van der Waals surface area contributed by atoms with Gasteiger partial charge in [0.1, 0.15) is 5.78 Å². The van der Waals surface area contributed by atoms with Crippen LogP contribution in [0.2, 0.25) is 0 Å². The van der Waals surface area contributed by atoms with Gasteiger partial charge in [-0.25, -0.2) is 0 Å². The molecule has 0 spiro atoms. The predicted octanol–water partition coefficient (Wildman–Crippen LogP) is 3.71. The summed E-state index contributed by atoms with van der Waals surface area (Å²) in [5.74, 6) is 0.641. The van der Waals surface area contributed by atoms with Gasteiger partial charge in [0.2, 0.25) is 0 Å². The van der Waals surface area contributed by atoms with Crippen molar-refractivity contribution in [3.8, 4) is 0 Å². The minimum atomic E-state index is 0.319. The maximum Gasteiger partial charge on any atom is 0.137 e. The maximum atomic E-state index is 12.3. The van der Waals surface area contributed by atoms with E-state index >= 15 is 0 Å². The lowest BCUT2D eigenvalue weighted by molar-refractivity contribution is -0.118. The largest absolute Gasteiger partial charge is 0.384 e. The van der Waals surface area contributed by atoms with Gasteiger partial charge < -0.3 is 5.32 Å². The highest BCUT2D eigenvalue weighted by Gasteiger charge is 2.23. The summed E-state index contributed by atoms with van der Waals surface area (Å²) in [7, 11) is 0. The van der Waals surface area contributed by atoms with Crippen LogP contribution in [0.4, 0.5) is 5.69 Å². The molecule has 2 heteroatoms. The third-order valence-electron chi connectivity index (χ3n) is 3.90. The number of Topliss-reactive ketones (excluding diaryl/α,β-unsaturated/α-hetero) is 1. The second-order valence-corrected chi connectivity index (χ2v) is 5.57. The number of fused-ring (bicyclic) bond motifs is 1. The van der Waals surface area contributed by atoms with Crippen LogP contribution in [-0.4, -0.2) is 12.3 Å². The fourth-order valence-electron chi connectivity index (χ4n) is 2.94. The summed E-state index contributed by atoms with van der Waals surface area (Å²) in [5.41, 5.74) is 4.79. The molecule has 2 aromatic rings. The van der Waals surface area contributed by atoms with Gasteiger partial charge in [0.25, 0.3) is 0 Å². The molecule has 0 bridgehead atoms. The zero-order valence-corrected chi connectivity index (χ0v) is 11.7. The molecule has 0 amide bonds. The van der Waals surface area contributed by atoms with Crippen molar-refractivity contribution in [1.29, 1.82) is 0 Å². The van der Waals surface area contributed by atoms with Crippen molar-refractivity contribution in [2.24, 2.45) is 0 Å². The van der Waals surface area contributed by atoms with E-state index < -0.39 is 0 Å².